The molecule has 0 unspecified atom stereocenters. The molecule has 0 amide bonds. The van der Waals surface area contributed by atoms with Crippen molar-refractivity contribution < 1.29 is 4.74 Å². The predicted molar refractivity (Wildman–Crippen MR) is 84.5 cm³/mol. The number of ether oxygens (including phenoxy) is 1. The molecule has 3 nitrogen and oxygen atoms in total. The normalized spacial score (nSPS) is 10.3. The third-order valence-corrected chi connectivity index (χ3v) is 3.68. The van der Waals surface area contributed by atoms with Gasteiger partial charge in [0.1, 0.15) is 5.75 Å². The van der Waals surface area contributed by atoms with Crippen molar-refractivity contribution in [1.82, 2.24) is 0 Å². The minimum atomic E-state index is 0.604. The van der Waals surface area contributed by atoms with Crippen LogP contribution in [0, 0.1) is 0 Å². The molecule has 0 aliphatic rings. The number of rotatable bonds is 4. The standard InChI is InChI=1S/C14H14BrClN2O/c1-2-19-12-6-9(17)5-11(7-12)18-10-3-4-13(15)14(16)8-10/h3-8,18H,2,17H2,1H3. The van der Waals surface area contributed by atoms with Crippen molar-refractivity contribution in [2.75, 3.05) is 17.7 Å². The Kier molecular flexibility index (Phi) is 4.56. The summed E-state index contributed by atoms with van der Waals surface area (Å²) in [6.45, 7) is 2.54. The number of nitrogens with one attached hydrogen (secondary N) is 1. The van der Waals surface area contributed by atoms with Gasteiger partial charge in [-0.25, -0.2) is 0 Å². The first-order valence-electron chi connectivity index (χ1n) is 5.84. The van der Waals surface area contributed by atoms with Crippen LogP contribution in [0.15, 0.2) is 40.9 Å². The number of hydrogen-bond acceptors (Lipinski definition) is 3. The molecule has 0 radical (unpaired) electrons. The molecule has 0 bridgehead atoms. The average molecular weight is 342 g/mol. The molecule has 2 aromatic carbocycles. The topological polar surface area (TPSA) is 47.3 Å². The second-order valence-corrected chi connectivity index (χ2v) is 5.24. The molecule has 2 rings (SSSR count). The van der Waals surface area contributed by atoms with Crippen LogP contribution >= 0.6 is 27.5 Å². The molecule has 19 heavy (non-hydrogen) atoms. The van der Waals surface area contributed by atoms with Crippen LogP contribution in [0.3, 0.4) is 0 Å². The van der Waals surface area contributed by atoms with E-state index in [-0.39, 0.29) is 0 Å². The van der Waals surface area contributed by atoms with Gasteiger partial charge in [0.2, 0.25) is 0 Å². The molecule has 0 aliphatic heterocycles. The number of benzene rings is 2. The Balaban J connectivity index is 2.24. The Morgan fingerprint density at radius 2 is 2.00 bits per heavy atom. The molecule has 0 saturated heterocycles. The average Bonchev–Trinajstić information content (AvgIpc) is 2.33. The van der Waals surface area contributed by atoms with E-state index in [4.69, 9.17) is 22.1 Å². The summed E-state index contributed by atoms with van der Waals surface area (Å²) in [4.78, 5) is 0. The number of halogens is 2. The van der Waals surface area contributed by atoms with Crippen LogP contribution < -0.4 is 15.8 Å². The zero-order valence-electron chi connectivity index (χ0n) is 10.4. The van der Waals surface area contributed by atoms with Crippen molar-refractivity contribution in [3.63, 3.8) is 0 Å². The van der Waals surface area contributed by atoms with Gasteiger partial charge >= 0.3 is 0 Å². The Morgan fingerprint density at radius 3 is 2.68 bits per heavy atom. The number of anilines is 3. The van der Waals surface area contributed by atoms with E-state index in [1.54, 1.807) is 6.07 Å². The van der Waals surface area contributed by atoms with Crippen LogP contribution in [-0.4, -0.2) is 6.61 Å². The van der Waals surface area contributed by atoms with Crippen molar-refractivity contribution >= 4 is 44.6 Å². The molecule has 0 atom stereocenters. The highest BCUT2D eigenvalue weighted by molar-refractivity contribution is 9.10. The summed E-state index contributed by atoms with van der Waals surface area (Å²) in [6, 6.07) is 11.2. The highest BCUT2D eigenvalue weighted by atomic mass is 79.9. The van der Waals surface area contributed by atoms with Gasteiger partial charge in [-0.3, -0.25) is 0 Å². The molecule has 0 fully saturated rings. The molecule has 2 aromatic rings. The Hall–Kier alpha value is -1.39. The summed E-state index contributed by atoms with van der Waals surface area (Å²) in [5.74, 6) is 0.744. The number of nitrogen functional groups attached to an aromatic ring is 1. The van der Waals surface area contributed by atoms with E-state index in [9.17, 15) is 0 Å². The monoisotopic (exact) mass is 340 g/mol. The predicted octanol–water partition coefficient (Wildman–Crippen LogP) is 4.83. The fraction of sp³-hybridized carbons (Fsp3) is 0.143. The SMILES string of the molecule is CCOc1cc(N)cc(Nc2ccc(Br)c(Cl)c2)c1. The van der Waals surface area contributed by atoms with Crippen LogP contribution in [0.4, 0.5) is 17.1 Å². The Labute approximate surface area is 125 Å². The minimum absolute atomic E-state index is 0.604. The zero-order chi connectivity index (χ0) is 13.8. The summed E-state index contributed by atoms with van der Waals surface area (Å²) in [5.41, 5.74) is 8.25. The molecule has 0 spiro atoms. The lowest BCUT2D eigenvalue weighted by Crippen LogP contribution is -1.96. The van der Waals surface area contributed by atoms with E-state index in [2.05, 4.69) is 21.2 Å². The maximum atomic E-state index is 6.06. The Morgan fingerprint density at radius 1 is 1.21 bits per heavy atom. The van der Waals surface area contributed by atoms with Gasteiger partial charge in [-0.1, -0.05) is 11.6 Å². The van der Waals surface area contributed by atoms with Gasteiger partial charge in [-0.2, -0.15) is 0 Å². The lowest BCUT2D eigenvalue weighted by molar-refractivity contribution is 0.340. The minimum Gasteiger partial charge on any atom is -0.494 e. The molecular formula is C14H14BrClN2O. The van der Waals surface area contributed by atoms with Crippen molar-refractivity contribution in [2.24, 2.45) is 0 Å². The highest BCUT2D eigenvalue weighted by Gasteiger charge is 2.03. The van der Waals surface area contributed by atoms with Crippen LogP contribution in [0.5, 0.6) is 5.75 Å². The second-order valence-electron chi connectivity index (χ2n) is 3.98. The van der Waals surface area contributed by atoms with Gasteiger partial charge in [0.15, 0.2) is 0 Å². The number of hydrogen-bond donors (Lipinski definition) is 2. The van der Waals surface area contributed by atoms with Gasteiger partial charge in [0.05, 0.1) is 11.6 Å². The van der Waals surface area contributed by atoms with Crippen molar-refractivity contribution in [3.05, 3.63) is 45.9 Å². The smallest absolute Gasteiger partial charge is 0.123 e. The van der Waals surface area contributed by atoms with E-state index in [0.29, 0.717) is 17.3 Å². The van der Waals surface area contributed by atoms with Crippen LogP contribution in [0.2, 0.25) is 5.02 Å². The van der Waals surface area contributed by atoms with Crippen molar-refractivity contribution in [3.8, 4) is 5.75 Å². The quantitative estimate of drug-likeness (QED) is 0.783. The Bertz CT molecular complexity index is 590. The third kappa shape index (κ3) is 3.78. The molecular weight excluding hydrogens is 328 g/mol. The van der Waals surface area contributed by atoms with E-state index < -0.39 is 0 Å². The molecule has 100 valence electrons. The van der Waals surface area contributed by atoms with Gasteiger partial charge in [-0.15, -0.1) is 0 Å². The first-order valence-corrected chi connectivity index (χ1v) is 7.01. The van der Waals surface area contributed by atoms with Crippen LogP contribution in [0.1, 0.15) is 6.92 Å². The molecule has 0 saturated carbocycles. The lowest BCUT2D eigenvalue weighted by atomic mass is 10.2. The highest BCUT2D eigenvalue weighted by Crippen LogP contribution is 2.29. The van der Waals surface area contributed by atoms with Crippen LogP contribution in [-0.2, 0) is 0 Å². The van der Waals surface area contributed by atoms with E-state index in [1.165, 1.54) is 0 Å². The molecule has 3 N–H and O–H groups in total. The summed E-state index contributed by atoms with van der Waals surface area (Å²) in [7, 11) is 0. The molecule has 0 aliphatic carbocycles. The molecule has 0 aromatic heterocycles. The van der Waals surface area contributed by atoms with E-state index in [1.807, 2.05) is 37.3 Å². The summed E-state index contributed by atoms with van der Waals surface area (Å²) in [6.07, 6.45) is 0. The van der Waals surface area contributed by atoms with Gasteiger partial charge in [0.25, 0.3) is 0 Å². The van der Waals surface area contributed by atoms with E-state index >= 15 is 0 Å². The van der Waals surface area contributed by atoms with Crippen molar-refractivity contribution in [2.45, 2.75) is 6.92 Å². The fourth-order valence-electron chi connectivity index (χ4n) is 1.68. The van der Waals surface area contributed by atoms with Crippen molar-refractivity contribution in [1.29, 1.82) is 0 Å². The third-order valence-electron chi connectivity index (χ3n) is 2.45. The van der Waals surface area contributed by atoms with Gasteiger partial charge in [0, 0.05) is 33.7 Å². The zero-order valence-corrected chi connectivity index (χ0v) is 12.8. The molecule has 0 heterocycles. The number of nitrogens with two attached hydrogens (primary N) is 1. The van der Waals surface area contributed by atoms with Gasteiger partial charge < -0.3 is 15.8 Å². The fourth-order valence-corrected chi connectivity index (χ4v) is 2.11. The largest absolute Gasteiger partial charge is 0.494 e. The van der Waals surface area contributed by atoms with Crippen LogP contribution in [0.25, 0.3) is 0 Å². The van der Waals surface area contributed by atoms with E-state index in [0.717, 1.165) is 21.6 Å². The first kappa shape index (κ1) is 14.0. The summed E-state index contributed by atoms with van der Waals surface area (Å²) < 4.78 is 6.32. The van der Waals surface area contributed by atoms with Gasteiger partial charge in [-0.05, 0) is 47.1 Å². The molecule has 5 heteroatoms. The lowest BCUT2D eigenvalue weighted by Gasteiger charge is -2.11. The summed E-state index contributed by atoms with van der Waals surface area (Å²) in [5, 5.41) is 3.90. The maximum absolute atomic E-state index is 6.06. The first-order chi connectivity index (χ1) is 9.08. The maximum Gasteiger partial charge on any atom is 0.123 e. The summed E-state index contributed by atoms with van der Waals surface area (Å²) >= 11 is 9.41. The second kappa shape index (κ2) is 6.17.